The van der Waals surface area contributed by atoms with Crippen molar-refractivity contribution < 1.29 is 0 Å². The summed E-state index contributed by atoms with van der Waals surface area (Å²) in [6.45, 7) is 13.3. The average Bonchev–Trinajstić information content (AvgIpc) is 2.62. The molecule has 2 rings (SSSR count). The molecule has 0 saturated heterocycles. The molecular weight excluding hydrogens is 338 g/mol. The molecule has 1 heteroatoms. The normalized spacial score (nSPS) is 18.8. The smallest absolute Gasteiger partial charge is 0.0658 e. The van der Waals surface area contributed by atoms with Crippen molar-refractivity contribution in [3.8, 4) is 0 Å². The van der Waals surface area contributed by atoms with Crippen molar-refractivity contribution in [1.29, 1.82) is 0 Å². The van der Waals surface area contributed by atoms with E-state index in [0.717, 1.165) is 5.69 Å². The molecule has 0 aliphatic heterocycles. The third kappa shape index (κ3) is 6.64. The van der Waals surface area contributed by atoms with E-state index < -0.39 is 0 Å². The van der Waals surface area contributed by atoms with Gasteiger partial charge in [-0.3, -0.25) is 4.99 Å². The van der Waals surface area contributed by atoms with Crippen LogP contribution in [0.4, 0.5) is 5.69 Å². The van der Waals surface area contributed by atoms with Gasteiger partial charge in [-0.05, 0) is 81.2 Å². The van der Waals surface area contributed by atoms with Crippen LogP contribution in [-0.2, 0) is 0 Å². The number of allylic oxidation sites excluding steroid dienone is 10. The van der Waals surface area contributed by atoms with Crippen molar-refractivity contribution in [3.05, 3.63) is 88.6 Å². The molecular formula is C27H35N. The first-order valence-corrected chi connectivity index (χ1v) is 10.3. The Balaban J connectivity index is 1.98. The molecule has 0 amide bonds. The van der Waals surface area contributed by atoms with E-state index in [1.165, 1.54) is 41.5 Å². The summed E-state index contributed by atoms with van der Waals surface area (Å²) >= 11 is 0. The Bertz CT molecular complexity index is 854. The largest absolute Gasteiger partial charge is 0.257 e. The van der Waals surface area contributed by atoms with Crippen LogP contribution in [0.3, 0.4) is 0 Å². The van der Waals surface area contributed by atoms with E-state index in [0.29, 0.717) is 5.41 Å². The monoisotopic (exact) mass is 373 g/mol. The lowest BCUT2D eigenvalue weighted by Crippen LogP contribution is -2.19. The van der Waals surface area contributed by atoms with E-state index in [1.54, 1.807) is 5.57 Å². The van der Waals surface area contributed by atoms with E-state index in [1.807, 2.05) is 30.5 Å². The lowest BCUT2D eigenvalue weighted by atomic mass is 9.72. The molecule has 1 aliphatic rings. The van der Waals surface area contributed by atoms with Crippen LogP contribution in [0.2, 0.25) is 0 Å². The molecule has 148 valence electrons. The first-order valence-electron chi connectivity index (χ1n) is 10.3. The summed E-state index contributed by atoms with van der Waals surface area (Å²) in [5, 5.41) is 0. The molecule has 1 nitrogen and oxygen atoms in total. The molecule has 0 radical (unpaired) electrons. The minimum atomic E-state index is 0.296. The molecule has 0 spiro atoms. The highest BCUT2D eigenvalue weighted by Crippen LogP contribution is 2.40. The SMILES string of the molecule is CC1=C(/C=C/C(C)=C/C=C/C(C)=C/C=Nc2ccccc2C)C(C)(C)CCC1. The third-order valence-corrected chi connectivity index (χ3v) is 5.44. The van der Waals surface area contributed by atoms with Gasteiger partial charge in [0, 0.05) is 6.21 Å². The van der Waals surface area contributed by atoms with Gasteiger partial charge in [-0.15, -0.1) is 0 Å². The Morgan fingerprint density at radius 1 is 1.00 bits per heavy atom. The number of aryl methyl sites for hydroxylation is 1. The van der Waals surface area contributed by atoms with Gasteiger partial charge in [-0.25, -0.2) is 0 Å². The van der Waals surface area contributed by atoms with Gasteiger partial charge >= 0.3 is 0 Å². The first-order chi connectivity index (χ1) is 13.3. The summed E-state index contributed by atoms with van der Waals surface area (Å²) < 4.78 is 0. The predicted octanol–water partition coefficient (Wildman–Crippen LogP) is 8.23. The van der Waals surface area contributed by atoms with Gasteiger partial charge in [0.05, 0.1) is 5.69 Å². The van der Waals surface area contributed by atoms with Gasteiger partial charge in [-0.2, -0.15) is 0 Å². The topological polar surface area (TPSA) is 12.4 Å². The Kier molecular flexibility index (Phi) is 7.99. The van der Waals surface area contributed by atoms with Crippen LogP contribution in [0.5, 0.6) is 0 Å². The fraction of sp³-hybridized carbons (Fsp3) is 0.370. The van der Waals surface area contributed by atoms with Crippen molar-refractivity contribution >= 4 is 11.9 Å². The molecule has 0 heterocycles. The van der Waals surface area contributed by atoms with Crippen molar-refractivity contribution in [2.24, 2.45) is 10.4 Å². The number of hydrogen-bond donors (Lipinski definition) is 0. The molecule has 0 fully saturated rings. The Morgan fingerprint density at radius 3 is 2.43 bits per heavy atom. The molecule has 0 bridgehead atoms. The highest BCUT2D eigenvalue weighted by molar-refractivity contribution is 5.76. The maximum Gasteiger partial charge on any atom is 0.0658 e. The van der Waals surface area contributed by atoms with Crippen LogP contribution in [-0.4, -0.2) is 6.21 Å². The maximum absolute atomic E-state index is 4.52. The van der Waals surface area contributed by atoms with Crippen LogP contribution in [0.1, 0.15) is 59.4 Å². The first kappa shape index (κ1) is 21.9. The van der Waals surface area contributed by atoms with E-state index in [2.05, 4.69) is 83.0 Å². The predicted molar refractivity (Wildman–Crippen MR) is 125 cm³/mol. The van der Waals surface area contributed by atoms with Gasteiger partial charge in [-0.1, -0.05) is 73.6 Å². The zero-order valence-corrected chi connectivity index (χ0v) is 18.4. The molecule has 28 heavy (non-hydrogen) atoms. The van der Waals surface area contributed by atoms with Crippen molar-refractivity contribution in [3.63, 3.8) is 0 Å². The van der Waals surface area contributed by atoms with E-state index >= 15 is 0 Å². The average molecular weight is 374 g/mol. The summed E-state index contributed by atoms with van der Waals surface area (Å²) in [6, 6.07) is 8.17. The maximum atomic E-state index is 4.52. The zero-order valence-electron chi connectivity index (χ0n) is 18.4. The number of para-hydroxylation sites is 1. The summed E-state index contributed by atoms with van der Waals surface area (Å²) in [7, 11) is 0. The van der Waals surface area contributed by atoms with Crippen molar-refractivity contribution in [2.45, 2.75) is 60.8 Å². The molecule has 0 aromatic heterocycles. The van der Waals surface area contributed by atoms with Crippen LogP contribution >= 0.6 is 0 Å². The summed E-state index contributed by atoms with van der Waals surface area (Å²) in [5.41, 5.74) is 8.01. The highest BCUT2D eigenvalue weighted by atomic mass is 14.7. The van der Waals surface area contributed by atoms with Gasteiger partial charge < -0.3 is 0 Å². The number of rotatable bonds is 6. The fourth-order valence-electron chi connectivity index (χ4n) is 3.63. The Morgan fingerprint density at radius 2 is 1.71 bits per heavy atom. The minimum absolute atomic E-state index is 0.296. The standard InChI is InChI=1S/C27H35N/c1-21(16-17-25-23(3)14-10-19-27(25,5)6)11-9-12-22(2)18-20-28-26-15-8-7-13-24(26)4/h7-9,11-13,15-18,20H,10,14,19H2,1-6H3/b12-9+,17-16+,21-11+,22-18+,28-20?. The summed E-state index contributed by atoms with van der Waals surface area (Å²) in [5.74, 6) is 0. The Labute approximate surface area is 172 Å². The quantitative estimate of drug-likeness (QED) is 0.352. The lowest BCUT2D eigenvalue weighted by molar-refractivity contribution is 0.377. The fourth-order valence-corrected chi connectivity index (χ4v) is 3.63. The van der Waals surface area contributed by atoms with Gasteiger partial charge in [0.25, 0.3) is 0 Å². The van der Waals surface area contributed by atoms with Crippen molar-refractivity contribution in [2.75, 3.05) is 0 Å². The summed E-state index contributed by atoms with van der Waals surface area (Å²) in [4.78, 5) is 4.52. The molecule has 1 aromatic rings. The second kappa shape index (κ2) is 10.2. The van der Waals surface area contributed by atoms with Gasteiger partial charge in [0.15, 0.2) is 0 Å². The van der Waals surface area contributed by atoms with E-state index in [4.69, 9.17) is 0 Å². The molecule has 0 atom stereocenters. The van der Waals surface area contributed by atoms with Crippen LogP contribution < -0.4 is 0 Å². The number of hydrogen-bond acceptors (Lipinski definition) is 1. The third-order valence-electron chi connectivity index (χ3n) is 5.44. The van der Waals surface area contributed by atoms with Gasteiger partial charge in [0.2, 0.25) is 0 Å². The molecule has 1 aromatic carbocycles. The lowest BCUT2D eigenvalue weighted by Gasteiger charge is -2.32. The molecule has 0 unspecified atom stereocenters. The van der Waals surface area contributed by atoms with Crippen LogP contribution in [0.25, 0.3) is 0 Å². The van der Waals surface area contributed by atoms with E-state index in [9.17, 15) is 0 Å². The second-order valence-electron chi connectivity index (χ2n) is 8.51. The summed E-state index contributed by atoms with van der Waals surface area (Å²) in [6.07, 6.45) is 18.7. The second-order valence-corrected chi connectivity index (χ2v) is 8.51. The zero-order chi connectivity index (χ0) is 20.6. The van der Waals surface area contributed by atoms with Gasteiger partial charge in [0.1, 0.15) is 0 Å². The molecule has 1 aliphatic carbocycles. The number of nitrogens with zero attached hydrogens (tertiary/aromatic N) is 1. The number of aliphatic imine (C=N–C) groups is 1. The van der Waals surface area contributed by atoms with E-state index in [-0.39, 0.29) is 0 Å². The number of benzene rings is 1. The molecule has 0 saturated carbocycles. The van der Waals surface area contributed by atoms with Crippen molar-refractivity contribution in [1.82, 2.24) is 0 Å². The minimum Gasteiger partial charge on any atom is -0.257 e. The van der Waals surface area contributed by atoms with Crippen LogP contribution in [0.15, 0.2) is 88.0 Å². The van der Waals surface area contributed by atoms with Crippen LogP contribution in [0, 0.1) is 12.3 Å². The molecule has 0 N–H and O–H groups in total. The Hall–Kier alpha value is -2.41. The highest BCUT2D eigenvalue weighted by Gasteiger charge is 2.26.